The Morgan fingerprint density at radius 3 is 2.28 bits per heavy atom. The fourth-order valence-electron chi connectivity index (χ4n) is 3.68. The van der Waals surface area contributed by atoms with Crippen molar-refractivity contribution in [1.82, 2.24) is 19.2 Å². The average Bonchev–Trinajstić information content (AvgIpc) is 3.13. The van der Waals surface area contributed by atoms with Crippen molar-refractivity contribution < 1.29 is 9.59 Å². The molecule has 2 aromatic heterocycles. The summed E-state index contributed by atoms with van der Waals surface area (Å²) >= 11 is 6.16. The van der Waals surface area contributed by atoms with E-state index in [0.29, 0.717) is 31.2 Å². The van der Waals surface area contributed by atoms with E-state index < -0.39 is 0 Å². The zero-order chi connectivity index (χ0) is 20.4. The van der Waals surface area contributed by atoms with Crippen molar-refractivity contribution in [3.8, 4) is 0 Å². The maximum absolute atomic E-state index is 12.7. The number of aryl methyl sites for hydroxylation is 1. The van der Waals surface area contributed by atoms with Crippen LogP contribution in [0.3, 0.4) is 0 Å². The predicted octanol–water partition coefficient (Wildman–Crippen LogP) is 2.75. The number of carbonyl (C=O) groups is 2. The number of benzene rings is 1. The number of imidazole rings is 1. The molecule has 2 amide bonds. The summed E-state index contributed by atoms with van der Waals surface area (Å²) in [5.74, 6) is 0.0882. The second kappa shape index (κ2) is 8.25. The number of amides is 2. The molecular weight excluding hydrogens is 388 g/mol. The Morgan fingerprint density at radius 1 is 0.966 bits per heavy atom. The topological polar surface area (TPSA) is 57.9 Å². The van der Waals surface area contributed by atoms with E-state index >= 15 is 0 Å². The second-order valence-corrected chi connectivity index (χ2v) is 7.77. The third-order valence-electron chi connectivity index (χ3n) is 5.34. The lowest BCUT2D eigenvalue weighted by Gasteiger charge is -2.35. The van der Waals surface area contributed by atoms with Gasteiger partial charge in [0.2, 0.25) is 11.8 Å². The minimum atomic E-state index is 0.0426. The molecule has 1 aliphatic heterocycles. The van der Waals surface area contributed by atoms with Gasteiger partial charge in [-0.1, -0.05) is 35.9 Å². The van der Waals surface area contributed by atoms with Crippen molar-refractivity contribution in [3.05, 3.63) is 70.6 Å². The van der Waals surface area contributed by atoms with Crippen molar-refractivity contribution in [1.29, 1.82) is 0 Å². The first-order valence-electron chi connectivity index (χ1n) is 9.73. The van der Waals surface area contributed by atoms with E-state index in [0.717, 1.165) is 22.5 Å². The first-order chi connectivity index (χ1) is 14.0. The smallest absolute Gasteiger partial charge is 0.228 e. The fraction of sp³-hybridized carbons (Fsp3) is 0.318. The third kappa shape index (κ3) is 4.27. The molecule has 0 radical (unpaired) electrons. The number of fused-ring (bicyclic) bond motifs is 1. The Kier molecular flexibility index (Phi) is 5.53. The van der Waals surface area contributed by atoms with Gasteiger partial charge in [0.15, 0.2) is 0 Å². The molecule has 7 heteroatoms. The van der Waals surface area contributed by atoms with Gasteiger partial charge >= 0.3 is 0 Å². The summed E-state index contributed by atoms with van der Waals surface area (Å²) in [5.41, 5.74) is 3.56. The molecule has 150 valence electrons. The molecule has 29 heavy (non-hydrogen) atoms. The summed E-state index contributed by atoms with van der Waals surface area (Å²) < 4.78 is 1.95. The molecule has 1 aliphatic rings. The zero-order valence-electron chi connectivity index (χ0n) is 16.3. The first-order valence-corrected chi connectivity index (χ1v) is 10.1. The average molecular weight is 411 g/mol. The van der Waals surface area contributed by atoms with Crippen LogP contribution in [0.1, 0.15) is 16.8 Å². The van der Waals surface area contributed by atoms with Gasteiger partial charge in [0.05, 0.1) is 18.5 Å². The highest BCUT2D eigenvalue weighted by Crippen LogP contribution is 2.17. The maximum Gasteiger partial charge on any atom is 0.228 e. The van der Waals surface area contributed by atoms with E-state index in [1.54, 1.807) is 11.0 Å². The monoisotopic (exact) mass is 410 g/mol. The SMILES string of the molecule is Cc1cccn2cc(CC(=O)N3CCN(C(=O)Cc4ccccc4Cl)CC3)nc12. The summed E-state index contributed by atoms with van der Waals surface area (Å²) in [7, 11) is 0. The minimum absolute atomic E-state index is 0.0426. The fourth-order valence-corrected chi connectivity index (χ4v) is 3.88. The van der Waals surface area contributed by atoms with Crippen LogP contribution in [-0.4, -0.2) is 57.2 Å². The summed E-state index contributed by atoms with van der Waals surface area (Å²) in [4.78, 5) is 33.5. The summed E-state index contributed by atoms with van der Waals surface area (Å²) in [6.45, 7) is 4.17. The highest BCUT2D eigenvalue weighted by Gasteiger charge is 2.25. The lowest BCUT2D eigenvalue weighted by atomic mass is 10.1. The molecular formula is C22H23ClN4O2. The van der Waals surface area contributed by atoms with E-state index in [-0.39, 0.29) is 24.7 Å². The van der Waals surface area contributed by atoms with Crippen LogP contribution in [0.15, 0.2) is 48.8 Å². The van der Waals surface area contributed by atoms with Gasteiger partial charge in [0.25, 0.3) is 0 Å². The molecule has 0 spiro atoms. The van der Waals surface area contributed by atoms with Gasteiger partial charge in [-0.15, -0.1) is 0 Å². The molecule has 1 aromatic carbocycles. The van der Waals surface area contributed by atoms with Crippen LogP contribution in [-0.2, 0) is 22.4 Å². The third-order valence-corrected chi connectivity index (χ3v) is 5.71. The van der Waals surface area contributed by atoms with Gasteiger partial charge in [-0.05, 0) is 30.2 Å². The number of aromatic nitrogens is 2. The number of halogens is 1. The summed E-state index contributed by atoms with van der Waals surface area (Å²) in [6, 6.07) is 11.4. The van der Waals surface area contributed by atoms with Gasteiger partial charge in [-0.3, -0.25) is 9.59 Å². The quantitative estimate of drug-likeness (QED) is 0.664. The zero-order valence-corrected chi connectivity index (χ0v) is 17.1. The number of carbonyl (C=O) groups excluding carboxylic acids is 2. The Morgan fingerprint density at radius 2 is 1.62 bits per heavy atom. The first kappa shape index (κ1) is 19.5. The molecule has 0 bridgehead atoms. The maximum atomic E-state index is 12.7. The van der Waals surface area contributed by atoms with Crippen molar-refractivity contribution in [2.75, 3.05) is 26.2 Å². The van der Waals surface area contributed by atoms with Crippen molar-refractivity contribution in [2.45, 2.75) is 19.8 Å². The van der Waals surface area contributed by atoms with Crippen LogP contribution in [0.2, 0.25) is 5.02 Å². The van der Waals surface area contributed by atoms with Crippen molar-refractivity contribution in [2.24, 2.45) is 0 Å². The van der Waals surface area contributed by atoms with E-state index in [4.69, 9.17) is 11.6 Å². The van der Waals surface area contributed by atoms with Crippen LogP contribution in [0.25, 0.3) is 5.65 Å². The molecule has 0 unspecified atom stereocenters. The molecule has 0 atom stereocenters. The minimum Gasteiger partial charge on any atom is -0.339 e. The van der Waals surface area contributed by atoms with Crippen molar-refractivity contribution in [3.63, 3.8) is 0 Å². The number of rotatable bonds is 4. The lowest BCUT2D eigenvalue weighted by Crippen LogP contribution is -2.51. The highest BCUT2D eigenvalue weighted by molar-refractivity contribution is 6.31. The van der Waals surface area contributed by atoms with Crippen LogP contribution in [0.5, 0.6) is 0 Å². The van der Waals surface area contributed by atoms with E-state index in [2.05, 4.69) is 4.98 Å². The molecule has 3 heterocycles. The van der Waals surface area contributed by atoms with Crippen molar-refractivity contribution >= 4 is 29.1 Å². The van der Waals surface area contributed by atoms with Gasteiger partial charge < -0.3 is 14.2 Å². The summed E-state index contributed by atoms with van der Waals surface area (Å²) in [6.07, 6.45) is 4.40. The molecule has 0 N–H and O–H groups in total. The Hall–Kier alpha value is -2.86. The van der Waals surface area contributed by atoms with Gasteiger partial charge in [0, 0.05) is 43.6 Å². The standard InChI is InChI=1S/C22H23ClN4O2/c1-16-5-4-8-27-15-18(24-22(16)27)14-21(29)26-11-9-25(10-12-26)20(28)13-17-6-2-3-7-19(17)23/h2-8,15H,9-14H2,1H3. The number of pyridine rings is 1. The molecule has 4 rings (SSSR count). The van der Waals surface area contributed by atoms with E-state index in [9.17, 15) is 9.59 Å². The predicted molar refractivity (Wildman–Crippen MR) is 112 cm³/mol. The Labute approximate surface area is 174 Å². The van der Waals surface area contributed by atoms with Crippen LogP contribution in [0.4, 0.5) is 0 Å². The number of nitrogens with zero attached hydrogens (tertiary/aromatic N) is 4. The van der Waals surface area contributed by atoms with Gasteiger partial charge in [0.1, 0.15) is 5.65 Å². The van der Waals surface area contributed by atoms with E-state index in [1.165, 1.54) is 0 Å². The van der Waals surface area contributed by atoms with Crippen LogP contribution >= 0.6 is 11.6 Å². The highest BCUT2D eigenvalue weighted by atomic mass is 35.5. The van der Waals surface area contributed by atoms with Crippen LogP contribution < -0.4 is 0 Å². The summed E-state index contributed by atoms with van der Waals surface area (Å²) in [5, 5.41) is 0.609. The Bertz CT molecular complexity index is 1050. The molecule has 3 aromatic rings. The lowest BCUT2D eigenvalue weighted by molar-refractivity contribution is -0.138. The molecule has 0 saturated carbocycles. The molecule has 1 saturated heterocycles. The van der Waals surface area contributed by atoms with Gasteiger partial charge in [-0.25, -0.2) is 4.98 Å². The number of hydrogen-bond acceptors (Lipinski definition) is 3. The van der Waals surface area contributed by atoms with Crippen LogP contribution in [0, 0.1) is 6.92 Å². The number of hydrogen-bond donors (Lipinski definition) is 0. The second-order valence-electron chi connectivity index (χ2n) is 7.36. The van der Waals surface area contributed by atoms with E-state index in [1.807, 2.05) is 58.9 Å². The largest absolute Gasteiger partial charge is 0.339 e. The molecule has 6 nitrogen and oxygen atoms in total. The Balaban J connectivity index is 1.32. The molecule has 1 fully saturated rings. The van der Waals surface area contributed by atoms with Gasteiger partial charge in [-0.2, -0.15) is 0 Å². The normalized spacial score (nSPS) is 14.4. The molecule has 0 aliphatic carbocycles. The number of piperazine rings is 1.